The van der Waals surface area contributed by atoms with E-state index in [0.29, 0.717) is 31.2 Å². The predicted molar refractivity (Wildman–Crippen MR) is 175 cm³/mol. The van der Waals surface area contributed by atoms with Gasteiger partial charge in [0, 0.05) is 36.4 Å². The average Bonchev–Trinajstić information content (AvgIpc) is 3.01. The number of nitrogens with one attached hydrogen (secondary N) is 1. The molecule has 0 spiro atoms. The number of nitrogens with zero attached hydrogens (tertiary/aromatic N) is 1. The maximum absolute atomic E-state index is 11.9. The normalized spacial score (nSPS) is 10.6. The highest BCUT2D eigenvalue weighted by Crippen LogP contribution is 2.63. The van der Waals surface area contributed by atoms with E-state index in [9.17, 15) is 19.6 Å². The van der Waals surface area contributed by atoms with Crippen molar-refractivity contribution in [1.82, 2.24) is 4.98 Å². The van der Waals surface area contributed by atoms with E-state index in [1.54, 1.807) is 48.7 Å². The minimum atomic E-state index is -3.23. The first-order valence-electron chi connectivity index (χ1n) is 12.3. The highest BCUT2D eigenvalue weighted by Gasteiger charge is 2.25. The fraction of sp³-hybridized carbons (Fsp3) is 0.0667. The summed E-state index contributed by atoms with van der Waals surface area (Å²) < 4.78 is 21.4. The molecule has 0 atom stereocenters. The second kappa shape index (κ2) is 16.5. The van der Waals surface area contributed by atoms with Crippen molar-refractivity contribution in [2.75, 3.05) is 19.5 Å². The number of para-hydroxylation sites is 3. The number of pyridine rings is 1. The molecule has 0 aliphatic rings. The zero-order valence-electron chi connectivity index (χ0n) is 22.8. The molecule has 0 bridgehead atoms. The molecule has 0 radical (unpaired) electrons. The molecule has 43 heavy (non-hydrogen) atoms. The Morgan fingerprint density at radius 3 is 2.05 bits per heavy atom. The molecule has 3 N–H and O–H groups in total. The van der Waals surface area contributed by atoms with E-state index in [1.807, 2.05) is 36.4 Å². The number of phenolic OH excluding ortho intramolecular Hbond substituents is 2. The molecule has 5 rings (SSSR count). The van der Waals surface area contributed by atoms with Crippen LogP contribution in [0.5, 0.6) is 11.5 Å². The summed E-state index contributed by atoms with van der Waals surface area (Å²) in [7, 11) is 2.59. The van der Waals surface area contributed by atoms with Gasteiger partial charge in [0.25, 0.3) is 5.91 Å². The third-order valence-corrected chi connectivity index (χ3v) is 10.4. The smallest absolute Gasteiger partial charge is 0.393 e. The van der Waals surface area contributed by atoms with E-state index in [1.165, 1.54) is 32.4 Å². The van der Waals surface area contributed by atoms with Gasteiger partial charge in [-0.05, 0) is 59.9 Å². The summed E-state index contributed by atoms with van der Waals surface area (Å²) in [6.07, 6.45) is 1.67. The number of anilines is 1. The van der Waals surface area contributed by atoms with Crippen molar-refractivity contribution in [3.8, 4) is 11.5 Å². The van der Waals surface area contributed by atoms with Crippen LogP contribution in [0.15, 0.2) is 108 Å². The van der Waals surface area contributed by atoms with Crippen LogP contribution in [-0.4, -0.2) is 35.3 Å². The zero-order valence-corrected chi connectivity index (χ0v) is 26.8. The number of hydrogen-bond acceptors (Lipinski definition) is 8. The molecule has 5 aromatic rings. The standard InChI is InChI=1S/C13H11NO2.C9H7NO.C8H8Cl3O3PS/c15-12-9-5-4-8-11(12)13(16)14-10-6-2-1-3-7-10;11-8-5-1-3-7-4-2-6-10-9(7)8;1-13-15(12,14-2)16-8-4-6(10)5(9)3-7(8)11/h1-9,15H,(H,14,16);1-6,11H;3-4H,1-2H3. The number of aromatic nitrogens is 1. The zero-order chi connectivity index (χ0) is 31.4. The highest BCUT2D eigenvalue weighted by atomic mass is 35.5. The first-order valence-corrected chi connectivity index (χ1v) is 16.4. The van der Waals surface area contributed by atoms with Crippen LogP contribution in [0.4, 0.5) is 5.69 Å². The van der Waals surface area contributed by atoms with Gasteiger partial charge >= 0.3 is 6.80 Å². The maximum Gasteiger partial charge on any atom is 0.393 e. The van der Waals surface area contributed by atoms with Gasteiger partial charge in [0.05, 0.1) is 20.6 Å². The second-order valence-electron chi connectivity index (χ2n) is 8.29. The van der Waals surface area contributed by atoms with Gasteiger partial charge < -0.3 is 24.6 Å². The van der Waals surface area contributed by atoms with Crippen LogP contribution < -0.4 is 5.32 Å². The Kier molecular flexibility index (Phi) is 13.2. The van der Waals surface area contributed by atoms with Crippen LogP contribution in [0.1, 0.15) is 10.4 Å². The molecule has 0 aliphatic carbocycles. The molecule has 1 heterocycles. The number of hydrogen-bond donors (Lipinski definition) is 3. The van der Waals surface area contributed by atoms with Crippen LogP contribution in [0.3, 0.4) is 0 Å². The fourth-order valence-corrected chi connectivity index (χ4v) is 6.68. The monoisotopic (exact) mass is 678 g/mol. The molecule has 8 nitrogen and oxygen atoms in total. The van der Waals surface area contributed by atoms with Crippen molar-refractivity contribution < 1.29 is 28.6 Å². The molecular formula is C30H26Cl3N2O6PS. The van der Waals surface area contributed by atoms with E-state index in [-0.39, 0.29) is 23.0 Å². The number of benzene rings is 4. The molecule has 13 heteroatoms. The number of phenols is 2. The molecule has 4 aromatic carbocycles. The van der Waals surface area contributed by atoms with Crippen LogP contribution in [0.25, 0.3) is 10.9 Å². The summed E-state index contributed by atoms with van der Waals surface area (Å²) in [5, 5.41) is 23.5. The average molecular weight is 680 g/mol. The molecule has 1 amide bonds. The Hall–Kier alpha value is -3.27. The molecule has 0 saturated carbocycles. The second-order valence-corrected chi connectivity index (χ2v) is 13.6. The first kappa shape index (κ1) is 34.2. The first-order chi connectivity index (χ1) is 20.6. The van der Waals surface area contributed by atoms with E-state index in [4.69, 9.17) is 43.9 Å². The quantitative estimate of drug-likeness (QED) is 0.120. The molecule has 224 valence electrons. The van der Waals surface area contributed by atoms with E-state index < -0.39 is 6.80 Å². The number of halogens is 3. The van der Waals surface area contributed by atoms with E-state index in [0.717, 1.165) is 16.8 Å². The number of fused-ring (bicyclic) bond motifs is 1. The lowest BCUT2D eigenvalue weighted by Crippen LogP contribution is -2.11. The summed E-state index contributed by atoms with van der Waals surface area (Å²) in [6.45, 7) is -3.23. The number of amides is 1. The maximum atomic E-state index is 11.9. The Balaban J connectivity index is 0.000000180. The Bertz CT molecular complexity index is 1720. The van der Waals surface area contributed by atoms with Gasteiger partial charge in [0.1, 0.15) is 17.0 Å². The molecular weight excluding hydrogens is 654 g/mol. The van der Waals surface area contributed by atoms with Crippen LogP contribution in [0.2, 0.25) is 15.1 Å². The van der Waals surface area contributed by atoms with Crippen LogP contribution in [0, 0.1) is 0 Å². The van der Waals surface area contributed by atoms with Crippen molar-refractivity contribution in [1.29, 1.82) is 0 Å². The van der Waals surface area contributed by atoms with Crippen molar-refractivity contribution in [3.05, 3.63) is 124 Å². The minimum Gasteiger partial charge on any atom is -0.507 e. The van der Waals surface area contributed by atoms with Gasteiger partial charge in [-0.15, -0.1) is 0 Å². The van der Waals surface area contributed by atoms with Gasteiger partial charge in [-0.2, -0.15) is 0 Å². The summed E-state index contributed by atoms with van der Waals surface area (Å²) in [6, 6.07) is 27.7. The van der Waals surface area contributed by atoms with Crippen molar-refractivity contribution >= 4 is 75.5 Å². The lowest BCUT2D eigenvalue weighted by Gasteiger charge is -2.13. The van der Waals surface area contributed by atoms with Crippen LogP contribution >= 0.6 is 53.0 Å². The van der Waals surface area contributed by atoms with Gasteiger partial charge in [-0.1, -0.05) is 83.3 Å². The third kappa shape index (κ3) is 10.2. The van der Waals surface area contributed by atoms with Gasteiger partial charge in [-0.3, -0.25) is 9.78 Å². The molecule has 0 unspecified atom stereocenters. The molecule has 0 fully saturated rings. The lowest BCUT2D eigenvalue weighted by molar-refractivity contribution is 0.102. The summed E-state index contributed by atoms with van der Waals surface area (Å²) in [4.78, 5) is 16.3. The Morgan fingerprint density at radius 1 is 0.791 bits per heavy atom. The Morgan fingerprint density at radius 2 is 1.40 bits per heavy atom. The van der Waals surface area contributed by atoms with Gasteiger partial charge in [0.2, 0.25) is 0 Å². The summed E-state index contributed by atoms with van der Waals surface area (Å²) in [5.41, 5.74) is 1.64. The van der Waals surface area contributed by atoms with Crippen molar-refractivity contribution in [2.45, 2.75) is 4.90 Å². The number of carbonyl (C=O) groups excluding carboxylic acids is 1. The number of rotatable bonds is 6. The topological polar surface area (TPSA) is 118 Å². The minimum absolute atomic E-state index is 0.0177. The SMILES string of the molecule is COP(=O)(OC)Sc1cc(Cl)c(Cl)cc1Cl.O=C(Nc1ccccc1)c1ccccc1O.Oc1cccc2cccnc12. The van der Waals surface area contributed by atoms with E-state index >= 15 is 0 Å². The van der Waals surface area contributed by atoms with Crippen molar-refractivity contribution in [3.63, 3.8) is 0 Å². The summed E-state index contributed by atoms with van der Waals surface area (Å²) in [5.74, 6) is -0.0941. The lowest BCUT2D eigenvalue weighted by atomic mass is 10.2. The number of carbonyl (C=O) groups is 1. The predicted octanol–water partition coefficient (Wildman–Crippen LogP) is 9.72. The molecule has 0 aliphatic heterocycles. The third-order valence-electron chi connectivity index (χ3n) is 5.42. The van der Waals surface area contributed by atoms with Crippen molar-refractivity contribution in [2.24, 2.45) is 0 Å². The Labute approximate surface area is 267 Å². The van der Waals surface area contributed by atoms with Gasteiger partial charge in [0.15, 0.2) is 0 Å². The summed E-state index contributed by atoms with van der Waals surface area (Å²) >= 11 is 18.4. The molecule has 1 aromatic heterocycles. The van der Waals surface area contributed by atoms with E-state index in [2.05, 4.69) is 10.3 Å². The highest BCUT2D eigenvalue weighted by molar-refractivity contribution is 8.55. The number of aromatic hydroxyl groups is 2. The molecule has 0 saturated heterocycles. The largest absolute Gasteiger partial charge is 0.507 e. The van der Waals surface area contributed by atoms with Gasteiger partial charge in [-0.25, -0.2) is 4.57 Å². The van der Waals surface area contributed by atoms with Crippen LogP contribution in [-0.2, 0) is 13.6 Å². The fourth-order valence-electron chi connectivity index (χ4n) is 3.32.